The van der Waals surface area contributed by atoms with Crippen LogP contribution in [-0.2, 0) is 10.4 Å². The largest absolute Gasteiger partial charge is 0.377 e. The number of carbonyl (C=O) groups is 1. The summed E-state index contributed by atoms with van der Waals surface area (Å²) < 4.78 is 0. The van der Waals surface area contributed by atoms with Crippen LogP contribution < -0.4 is 0 Å². The SMILES string of the molecule is CC(C)C[C@@](O)(C(=O)CBr)c1ccccc1. The predicted molar refractivity (Wildman–Crippen MR) is 68.6 cm³/mol. The average molecular weight is 285 g/mol. The van der Waals surface area contributed by atoms with Gasteiger partial charge >= 0.3 is 0 Å². The first-order chi connectivity index (χ1) is 7.50. The van der Waals surface area contributed by atoms with Crippen LogP contribution in [0.5, 0.6) is 0 Å². The summed E-state index contributed by atoms with van der Waals surface area (Å²) in [6.07, 6.45) is 0.446. The molecule has 0 heterocycles. The Morgan fingerprint density at radius 1 is 1.38 bits per heavy atom. The Balaban J connectivity index is 3.09. The van der Waals surface area contributed by atoms with Crippen molar-refractivity contribution in [2.24, 2.45) is 5.92 Å². The van der Waals surface area contributed by atoms with E-state index in [0.717, 1.165) is 0 Å². The molecule has 0 fully saturated rings. The first-order valence-electron chi connectivity index (χ1n) is 5.38. The maximum atomic E-state index is 11.9. The Kier molecular flexibility index (Phi) is 4.69. The number of ketones is 1. The molecule has 0 amide bonds. The Labute approximate surface area is 105 Å². The number of aliphatic hydroxyl groups is 1. The van der Waals surface area contributed by atoms with Gasteiger partial charge in [0.2, 0.25) is 0 Å². The van der Waals surface area contributed by atoms with Gasteiger partial charge in [0.1, 0.15) is 5.60 Å². The van der Waals surface area contributed by atoms with Gasteiger partial charge in [-0.3, -0.25) is 4.79 Å². The Morgan fingerprint density at radius 2 is 1.94 bits per heavy atom. The molecule has 3 heteroatoms. The quantitative estimate of drug-likeness (QED) is 0.845. The second kappa shape index (κ2) is 5.60. The summed E-state index contributed by atoms with van der Waals surface area (Å²) in [6, 6.07) is 9.13. The third kappa shape index (κ3) is 2.92. The molecule has 0 aliphatic rings. The highest BCUT2D eigenvalue weighted by Crippen LogP contribution is 2.30. The summed E-state index contributed by atoms with van der Waals surface area (Å²) >= 11 is 3.13. The van der Waals surface area contributed by atoms with Gasteiger partial charge in [-0.2, -0.15) is 0 Å². The molecule has 0 aliphatic heterocycles. The molecule has 1 N–H and O–H groups in total. The summed E-state index contributed by atoms with van der Waals surface area (Å²) in [6.45, 7) is 3.99. The number of halogens is 1. The van der Waals surface area contributed by atoms with Crippen molar-refractivity contribution in [1.29, 1.82) is 0 Å². The average Bonchev–Trinajstić information content (AvgIpc) is 2.28. The predicted octanol–water partition coefficient (Wildman–Crippen LogP) is 2.88. The van der Waals surface area contributed by atoms with Crippen LogP contribution in [0.4, 0.5) is 0 Å². The first-order valence-corrected chi connectivity index (χ1v) is 6.50. The molecule has 1 rings (SSSR count). The fraction of sp³-hybridized carbons (Fsp3) is 0.462. The molecule has 1 aromatic carbocycles. The van der Waals surface area contributed by atoms with E-state index >= 15 is 0 Å². The van der Waals surface area contributed by atoms with Crippen LogP contribution in [0.2, 0.25) is 0 Å². The van der Waals surface area contributed by atoms with Gasteiger partial charge in [-0.15, -0.1) is 0 Å². The summed E-state index contributed by atoms with van der Waals surface area (Å²) in [4.78, 5) is 11.9. The van der Waals surface area contributed by atoms with Gasteiger partial charge in [0, 0.05) is 0 Å². The lowest BCUT2D eigenvalue weighted by Gasteiger charge is -2.28. The van der Waals surface area contributed by atoms with Gasteiger partial charge in [-0.25, -0.2) is 0 Å². The van der Waals surface area contributed by atoms with E-state index in [2.05, 4.69) is 15.9 Å². The van der Waals surface area contributed by atoms with E-state index in [-0.39, 0.29) is 17.0 Å². The highest BCUT2D eigenvalue weighted by Gasteiger charge is 2.36. The number of alkyl halides is 1. The zero-order chi connectivity index (χ0) is 12.2. The lowest BCUT2D eigenvalue weighted by molar-refractivity contribution is -0.137. The third-order valence-electron chi connectivity index (χ3n) is 2.54. The fourth-order valence-corrected chi connectivity index (χ4v) is 2.27. The van der Waals surface area contributed by atoms with Crippen LogP contribution in [0.1, 0.15) is 25.8 Å². The number of benzene rings is 1. The van der Waals surface area contributed by atoms with Gasteiger partial charge in [0.25, 0.3) is 0 Å². The van der Waals surface area contributed by atoms with Crippen LogP contribution in [0.3, 0.4) is 0 Å². The van der Waals surface area contributed by atoms with E-state index in [4.69, 9.17) is 0 Å². The summed E-state index contributed by atoms with van der Waals surface area (Å²) in [7, 11) is 0. The topological polar surface area (TPSA) is 37.3 Å². The summed E-state index contributed by atoms with van der Waals surface area (Å²) in [5.41, 5.74) is -0.688. The van der Waals surface area contributed by atoms with Crippen molar-refractivity contribution in [3.8, 4) is 0 Å². The molecule has 1 atom stereocenters. The number of Topliss-reactive ketones (excluding diaryl/α,β-unsaturated/α-hetero) is 1. The standard InChI is InChI=1S/C13H17BrO2/c1-10(2)8-13(16,12(15)9-14)11-6-4-3-5-7-11/h3-7,10,16H,8-9H2,1-2H3/t13-/m0/s1. The molecule has 16 heavy (non-hydrogen) atoms. The fourth-order valence-electron chi connectivity index (χ4n) is 1.81. The van der Waals surface area contributed by atoms with E-state index in [0.29, 0.717) is 12.0 Å². The second-order valence-electron chi connectivity index (χ2n) is 4.38. The van der Waals surface area contributed by atoms with Gasteiger partial charge < -0.3 is 5.11 Å². The van der Waals surface area contributed by atoms with Gasteiger partial charge in [-0.05, 0) is 17.9 Å². The van der Waals surface area contributed by atoms with Gasteiger partial charge in [-0.1, -0.05) is 60.1 Å². The van der Waals surface area contributed by atoms with Crippen LogP contribution in [0.15, 0.2) is 30.3 Å². The van der Waals surface area contributed by atoms with Gasteiger partial charge in [0.05, 0.1) is 5.33 Å². The minimum absolute atomic E-state index is 0.172. The lowest BCUT2D eigenvalue weighted by atomic mass is 9.83. The second-order valence-corrected chi connectivity index (χ2v) is 4.94. The molecule has 0 aliphatic carbocycles. The first kappa shape index (κ1) is 13.4. The summed E-state index contributed by atoms with van der Waals surface area (Å²) in [5, 5.41) is 10.7. The monoisotopic (exact) mass is 284 g/mol. The number of hydrogen-bond acceptors (Lipinski definition) is 2. The number of rotatable bonds is 5. The van der Waals surface area contributed by atoms with Crippen molar-refractivity contribution in [1.82, 2.24) is 0 Å². The highest BCUT2D eigenvalue weighted by atomic mass is 79.9. The highest BCUT2D eigenvalue weighted by molar-refractivity contribution is 9.09. The molecule has 0 saturated heterocycles. The minimum atomic E-state index is -1.36. The molecule has 0 unspecified atom stereocenters. The molecule has 0 radical (unpaired) electrons. The molecule has 1 aromatic rings. The third-order valence-corrected chi connectivity index (χ3v) is 3.05. The zero-order valence-corrected chi connectivity index (χ0v) is 11.2. The molecular weight excluding hydrogens is 268 g/mol. The molecule has 0 spiro atoms. The normalized spacial score (nSPS) is 14.8. The molecule has 0 saturated carbocycles. The van der Waals surface area contributed by atoms with E-state index < -0.39 is 5.60 Å². The van der Waals surface area contributed by atoms with Crippen molar-refractivity contribution in [3.05, 3.63) is 35.9 Å². The van der Waals surface area contributed by atoms with Crippen LogP contribution in [0, 0.1) is 5.92 Å². The van der Waals surface area contributed by atoms with Crippen molar-refractivity contribution in [2.75, 3.05) is 5.33 Å². The van der Waals surface area contributed by atoms with Crippen molar-refractivity contribution in [2.45, 2.75) is 25.9 Å². The van der Waals surface area contributed by atoms with Gasteiger partial charge in [0.15, 0.2) is 5.78 Å². The molecule has 0 bridgehead atoms. The van der Waals surface area contributed by atoms with Crippen LogP contribution in [0.25, 0.3) is 0 Å². The summed E-state index contributed by atoms with van der Waals surface area (Å²) in [5.74, 6) is 0.0700. The number of carbonyl (C=O) groups excluding carboxylic acids is 1. The minimum Gasteiger partial charge on any atom is -0.377 e. The van der Waals surface area contributed by atoms with Crippen molar-refractivity contribution in [3.63, 3.8) is 0 Å². The maximum Gasteiger partial charge on any atom is 0.179 e. The van der Waals surface area contributed by atoms with Crippen LogP contribution in [-0.4, -0.2) is 16.2 Å². The van der Waals surface area contributed by atoms with Crippen LogP contribution >= 0.6 is 15.9 Å². The lowest BCUT2D eigenvalue weighted by Crippen LogP contribution is -2.38. The molecular formula is C13H17BrO2. The van der Waals surface area contributed by atoms with E-state index in [1.165, 1.54) is 0 Å². The van der Waals surface area contributed by atoms with E-state index in [1.54, 1.807) is 12.1 Å². The Morgan fingerprint density at radius 3 is 2.38 bits per heavy atom. The zero-order valence-electron chi connectivity index (χ0n) is 9.61. The van der Waals surface area contributed by atoms with Crippen molar-refractivity contribution < 1.29 is 9.90 Å². The molecule has 0 aromatic heterocycles. The smallest absolute Gasteiger partial charge is 0.179 e. The number of hydrogen-bond donors (Lipinski definition) is 1. The molecule has 88 valence electrons. The molecule has 2 nitrogen and oxygen atoms in total. The Bertz CT molecular complexity index is 348. The Hall–Kier alpha value is -0.670. The van der Waals surface area contributed by atoms with E-state index in [9.17, 15) is 9.90 Å². The van der Waals surface area contributed by atoms with E-state index in [1.807, 2.05) is 32.0 Å². The van der Waals surface area contributed by atoms with Crippen molar-refractivity contribution >= 4 is 21.7 Å². The maximum absolute atomic E-state index is 11.9.